The molecule has 1 saturated heterocycles. The van der Waals surface area contributed by atoms with Crippen molar-refractivity contribution in [2.75, 3.05) is 0 Å². The predicted octanol–water partition coefficient (Wildman–Crippen LogP) is 3.57. The average molecular weight is 395 g/mol. The molecule has 1 heterocycles. The Bertz CT molecular complexity index is 853. The van der Waals surface area contributed by atoms with Crippen LogP contribution < -0.4 is 11.2 Å². The van der Waals surface area contributed by atoms with Crippen LogP contribution in [0.25, 0.3) is 0 Å². The van der Waals surface area contributed by atoms with Gasteiger partial charge in [-0.3, -0.25) is 0 Å². The van der Waals surface area contributed by atoms with Gasteiger partial charge in [-0.1, -0.05) is 66.4 Å². The lowest BCUT2D eigenvalue weighted by atomic mass is 9.76. The normalized spacial score (nSPS) is 18.7. The van der Waals surface area contributed by atoms with E-state index in [9.17, 15) is 0 Å². The third-order valence-corrected chi connectivity index (χ3v) is 5.94. The summed E-state index contributed by atoms with van der Waals surface area (Å²) in [5.74, 6) is 0.760. The highest BCUT2D eigenvalue weighted by Gasteiger charge is 2.52. The SMILES string of the molecule is CC1(C)OB(c2ccccc2C=NN=C(N)SCc2ccccc2)OC1(C)C. The van der Waals surface area contributed by atoms with E-state index in [0.717, 1.165) is 16.8 Å². The molecule has 1 fully saturated rings. The first-order valence-electron chi connectivity index (χ1n) is 9.26. The summed E-state index contributed by atoms with van der Waals surface area (Å²) in [5.41, 5.74) is 8.20. The van der Waals surface area contributed by atoms with Gasteiger partial charge in [-0.15, -0.1) is 5.10 Å². The number of rotatable bonds is 5. The van der Waals surface area contributed by atoms with E-state index in [2.05, 4.69) is 22.3 Å². The van der Waals surface area contributed by atoms with Crippen LogP contribution in [0.3, 0.4) is 0 Å². The summed E-state index contributed by atoms with van der Waals surface area (Å²) in [6, 6.07) is 18.0. The summed E-state index contributed by atoms with van der Waals surface area (Å²) in [6.07, 6.45) is 1.69. The first kappa shape index (κ1) is 20.6. The van der Waals surface area contributed by atoms with Gasteiger partial charge < -0.3 is 15.0 Å². The third kappa shape index (κ3) is 4.84. The molecule has 0 aliphatic carbocycles. The molecular weight excluding hydrogens is 369 g/mol. The van der Waals surface area contributed by atoms with Crippen LogP contribution in [0.15, 0.2) is 64.8 Å². The van der Waals surface area contributed by atoms with Gasteiger partial charge in [0.15, 0.2) is 5.17 Å². The average Bonchev–Trinajstić information content (AvgIpc) is 2.88. The van der Waals surface area contributed by atoms with Crippen molar-refractivity contribution in [1.29, 1.82) is 0 Å². The minimum absolute atomic E-state index is 0.390. The molecule has 2 aromatic carbocycles. The fraction of sp³-hybridized carbons (Fsp3) is 0.333. The number of thioether (sulfide) groups is 1. The van der Waals surface area contributed by atoms with Crippen LogP contribution in [0.5, 0.6) is 0 Å². The summed E-state index contributed by atoms with van der Waals surface area (Å²) in [7, 11) is -0.443. The zero-order valence-corrected chi connectivity index (χ0v) is 17.6. The largest absolute Gasteiger partial charge is 0.495 e. The van der Waals surface area contributed by atoms with E-state index in [4.69, 9.17) is 15.0 Å². The van der Waals surface area contributed by atoms with Crippen molar-refractivity contribution in [3.63, 3.8) is 0 Å². The molecule has 2 aromatic rings. The molecule has 0 unspecified atom stereocenters. The molecule has 1 aliphatic heterocycles. The third-order valence-electron chi connectivity index (χ3n) is 5.09. The second-order valence-electron chi connectivity index (χ2n) is 7.67. The molecule has 5 nitrogen and oxygen atoms in total. The molecule has 1 aliphatic rings. The predicted molar refractivity (Wildman–Crippen MR) is 119 cm³/mol. The molecule has 7 heteroatoms. The molecule has 0 amide bonds. The van der Waals surface area contributed by atoms with Crippen LogP contribution in [0.1, 0.15) is 38.8 Å². The number of hydrogen-bond acceptors (Lipinski definition) is 5. The van der Waals surface area contributed by atoms with Crippen LogP contribution in [0, 0.1) is 0 Å². The molecule has 0 aromatic heterocycles. The first-order chi connectivity index (χ1) is 13.3. The maximum atomic E-state index is 6.16. The van der Waals surface area contributed by atoms with Gasteiger partial charge in [0, 0.05) is 5.75 Å². The molecule has 2 N–H and O–H groups in total. The Labute approximate surface area is 171 Å². The van der Waals surface area contributed by atoms with Crippen LogP contribution in [0.2, 0.25) is 0 Å². The maximum absolute atomic E-state index is 6.16. The van der Waals surface area contributed by atoms with Crippen LogP contribution >= 0.6 is 11.8 Å². The second-order valence-corrected chi connectivity index (χ2v) is 8.67. The molecule has 0 bridgehead atoms. The van der Waals surface area contributed by atoms with E-state index >= 15 is 0 Å². The zero-order valence-electron chi connectivity index (χ0n) is 16.8. The van der Waals surface area contributed by atoms with Gasteiger partial charge in [-0.25, -0.2) is 0 Å². The molecule has 146 valence electrons. The monoisotopic (exact) mass is 395 g/mol. The highest BCUT2D eigenvalue weighted by atomic mass is 32.2. The van der Waals surface area contributed by atoms with Crippen LogP contribution in [-0.2, 0) is 15.1 Å². The van der Waals surface area contributed by atoms with Crippen LogP contribution in [-0.4, -0.2) is 29.7 Å². The summed E-state index contributed by atoms with van der Waals surface area (Å²) >= 11 is 1.46. The highest BCUT2D eigenvalue weighted by Crippen LogP contribution is 2.36. The Morgan fingerprint density at radius 1 is 1.00 bits per heavy atom. The van der Waals surface area contributed by atoms with Crippen molar-refractivity contribution < 1.29 is 9.31 Å². The minimum Gasteiger partial charge on any atom is -0.399 e. The van der Waals surface area contributed by atoms with Gasteiger partial charge in [-0.2, -0.15) is 5.10 Å². The number of nitrogens with zero attached hydrogens (tertiary/aromatic N) is 2. The van der Waals surface area contributed by atoms with E-state index in [1.54, 1.807) is 6.21 Å². The van der Waals surface area contributed by atoms with Gasteiger partial charge in [0.2, 0.25) is 0 Å². The number of hydrogen-bond donors (Lipinski definition) is 1. The zero-order chi connectivity index (χ0) is 20.2. The van der Waals surface area contributed by atoms with Crippen molar-refractivity contribution in [3.8, 4) is 0 Å². The topological polar surface area (TPSA) is 69.2 Å². The Morgan fingerprint density at radius 2 is 1.61 bits per heavy atom. The fourth-order valence-corrected chi connectivity index (χ4v) is 3.33. The summed E-state index contributed by atoms with van der Waals surface area (Å²) in [6.45, 7) is 8.16. The van der Waals surface area contributed by atoms with Crippen molar-refractivity contribution in [1.82, 2.24) is 0 Å². The molecule has 0 atom stereocenters. The standard InChI is InChI=1S/C21H26BN3O2S/c1-20(2)21(3,4)27-22(26-20)18-13-9-8-12-17(18)14-24-25-19(23)28-15-16-10-6-5-7-11-16/h5-14H,15H2,1-4H3,(H2,23,25). The van der Waals surface area contributed by atoms with E-state index in [1.807, 2.05) is 70.2 Å². The molecule has 0 spiro atoms. The Kier molecular flexibility index (Phi) is 6.28. The Hall–Kier alpha value is -2.09. The molecule has 3 rings (SSSR count). The smallest absolute Gasteiger partial charge is 0.399 e. The summed E-state index contributed by atoms with van der Waals surface area (Å²) in [5, 5.41) is 8.69. The molecular formula is C21H26BN3O2S. The van der Waals surface area contributed by atoms with E-state index in [1.165, 1.54) is 17.3 Å². The lowest BCUT2D eigenvalue weighted by Crippen LogP contribution is -2.41. The lowest BCUT2D eigenvalue weighted by Gasteiger charge is -2.32. The van der Waals surface area contributed by atoms with E-state index in [-0.39, 0.29) is 0 Å². The van der Waals surface area contributed by atoms with Crippen molar-refractivity contribution in [3.05, 3.63) is 65.7 Å². The van der Waals surface area contributed by atoms with Crippen LogP contribution in [0.4, 0.5) is 0 Å². The maximum Gasteiger partial charge on any atom is 0.495 e. The van der Waals surface area contributed by atoms with Crippen molar-refractivity contribution in [2.24, 2.45) is 15.9 Å². The lowest BCUT2D eigenvalue weighted by molar-refractivity contribution is 0.00578. The quantitative estimate of drug-likeness (QED) is 0.364. The van der Waals surface area contributed by atoms with Gasteiger partial charge in [0.1, 0.15) is 0 Å². The number of amidine groups is 1. The molecule has 0 saturated carbocycles. The van der Waals surface area contributed by atoms with Crippen molar-refractivity contribution >= 4 is 35.7 Å². The van der Waals surface area contributed by atoms with E-state index < -0.39 is 18.3 Å². The molecule has 0 radical (unpaired) electrons. The van der Waals surface area contributed by atoms with Gasteiger partial charge >= 0.3 is 7.12 Å². The fourth-order valence-electron chi connectivity index (χ4n) is 2.72. The number of benzene rings is 2. The van der Waals surface area contributed by atoms with Gasteiger partial charge in [0.25, 0.3) is 0 Å². The number of nitrogens with two attached hydrogens (primary N) is 1. The Balaban J connectivity index is 1.68. The second kappa shape index (κ2) is 8.51. The summed E-state index contributed by atoms with van der Waals surface area (Å²) < 4.78 is 12.3. The van der Waals surface area contributed by atoms with E-state index in [0.29, 0.717) is 5.17 Å². The van der Waals surface area contributed by atoms with Crippen molar-refractivity contribution in [2.45, 2.75) is 44.6 Å². The first-order valence-corrected chi connectivity index (χ1v) is 10.2. The Morgan fingerprint density at radius 3 is 2.29 bits per heavy atom. The van der Waals surface area contributed by atoms with Gasteiger partial charge in [-0.05, 0) is 44.3 Å². The molecule has 28 heavy (non-hydrogen) atoms. The minimum atomic E-state index is -0.443. The van der Waals surface area contributed by atoms with Gasteiger partial charge in [0.05, 0.1) is 17.4 Å². The highest BCUT2D eigenvalue weighted by molar-refractivity contribution is 8.13. The summed E-state index contributed by atoms with van der Waals surface area (Å²) in [4.78, 5) is 0.